The van der Waals surface area contributed by atoms with E-state index in [-0.39, 0.29) is 0 Å². The summed E-state index contributed by atoms with van der Waals surface area (Å²) in [5.74, 6) is 1.16. The Bertz CT molecular complexity index is 642. The number of hydrogen-bond donors (Lipinski definition) is 1. The maximum atomic E-state index is 5.88. The molecule has 0 aromatic carbocycles. The fraction of sp³-hybridized carbons (Fsp3) is 0. The molecule has 0 saturated carbocycles. The molecule has 2 N–H and O–H groups in total. The minimum Gasteiger partial charge on any atom is -0.380 e. The van der Waals surface area contributed by atoms with Crippen LogP contribution in [0.2, 0.25) is 0 Å². The summed E-state index contributed by atoms with van der Waals surface area (Å²) in [5.41, 5.74) is 6.76. The maximum absolute atomic E-state index is 5.88. The molecule has 0 saturated heterocycles. The van der Waals surface area contributed by atoms with E-state index in [1.165, 1.54) is 0 Å². The molecule has 0 aliphatic heterocycles. The highest BCUT2D eigenvalue weighted by Crippen LogP contribution is 2.43. The lowest BCUT2D eigenvalue weighted by molar-refractivity contribution is 0.437. The third kappa shape index (κ3) is 1.82. The Kier molecular flexibility index (Phi) is 2.78. The van der Waals surface area contributed by atoms with E-state index in [1.807, 2.05) is 29.0 Å². The van der Waals surface area contributed by atoms with Crippen LogP contribution in [0.5, 0.6) is 0 Å². The Balaban J connectivity index is 2.23. The molecule has 0 radical (unpaired) electrons. The molecule has 0 aliphatic carbocycles. The van der Waals surface area contributed by atoms with E-state index >= 15 is 0 Å². The van der Waals surface area contributed by atoms with Crippen LogP contribution in [0.4, 0.5) is 5.82 Å². The lowest BCUT2D eigenvalue weighted by Crippen LogP contribution is -1.86. The second kappa shape index (κ2) is 4.29. The predicted octanol–water partition coefficient (Wildman–Crippen LogP) is 4.48. The molecular weight excluding hydrogens is 320 g/mol. The zero-order chi connectivity index (χ0) is 11.8. The Morgan fingerprint density at radius 3 is 2.76 bits per heavy atom. The summed E-state index contributed by atoms with van der Waals surface area (Å²) < 4.78 is 6.35. The van der Waals surface area contributed by atoms with Gasteiger partial charge >= 0.3 is 0 Å². The van der Waals surface area contributed by atoms with Gasteiger partial charge in [0.15, 0.2) is 11.6 Å². The SMILES string of the molecule is Nc1noc(-c2sccc2Br)c1-c1cccs1. The van der Waals surface area contributed by atoms with Crippen molar-refractivity contribution in [3.8, 4) is 21.1 Å². The number of nitrogen functional groups attached to an aromatic ring is 1. The fourth-order valence-corrected chi connectivity index (χ4v) is 3.88. The normalized spacial score (nSPS) is 10.9. The first-order chi connectivity index (χ1) is 8.27. The standard InChI is InChI=1S/C11H7BrN2OS2/c12-6-3-5-17-10(6)9-8(11(13)14-15-9)7-2-1-4-16-7/h1-5H,(H2,13,14). The Morgan fingerprint density at radius 1 is 1.24 bits per heavy atom. The summed E-state index contributed by atoms with van der Waals surface area (Å²) in [6.45, 7) is 0. The molecule has 0 fully saturated rings. The molecule has 3 rings (SSSR count). The number of nitrogens with two attached hydrogens (primary N) is 1. The molecule has 0 atom stereocenters. The first-order valence-electron chi connectivity index (χ1n) is 4.79. The van der Waals surface area contributed by atoms with Gasteiger partial charge in [0.05, 0.1) is 10.4 Å². The third-order valence-electron chi connectivity index (χ3n) is 2.31. The number of anilines is 1. The molecule has 86 valence electrons. The Hall–Kier alpha value is -1.11. The lowest BCUT2D eigenvalue weighted by Gasteiger charge is -1.97. The second-order valence-electron chi connectivity index (χ2n) is 3.35. The molecule has 6 heteroatoms. The van der Waals surface area contributed by atoms with Crippen molar-refractivity contribution in [3.05, 3.63) is 33.4 Å². The highest BCUT2D eigenvalue weighted by atomic mass is 79.9. The molecule has 3 aromatic heterocycles. The topological polar surface area (TPSA) is 52.0 Å². The largest absolute Gasteiger partial charge is 0.380 e. The van der Waals surface area contributed by atoms with Crippen molar-refractivity contribution in [1.29, 1.82) is 0 Å². The number of hydrogen-bond acceptors (Lipinski definition) is 5. The van der Waals surface area contributed by atoms with Crippen LogP contribution in [0.25, 0.3) is 21.1 Å². The molecule has 3 aromatic rings. The van der Waals surface area contributed by atoms with Gasteiger partial charge in [-0.15, -0.1) is 22.7 Å². The fourth-order valence-electron chi connectivity index (χ4n) is 1.57. The van der Waals surface area contributed by atoms with Crippen molar-refractivity contribution in [2.24, 2.45) is 0 Å². The first kappa shape index (κ1) is 11.0. The van der Waals surface area contributed by atoms with Gasteiger partial charge in [-0.3, -0.25) is 0 Å². The second-order valence-corrected chi connectivity index (χ2v) is 6.07. The molecule has 0 amide bonds. The highest BCUT2D eigenvalue weighted by Gasteiger charge is 2.20. The average Bonchev–Trinajstić information content (AvgIpc) is 2.98. The summed E-state index contributed by atoms with van der Waals surface area (Å²) in [7, 11) is 0. The molecule has 17 heavy (non-hydrogen) atoms. The van der Waals surface area contributed by atoms with E-state index in [9.17, 15) is 0 Å². The van der Waals surface area contributed by atoms with Crippen LogP contribution >= 0.6 is 38.6 Å². The third-order valence-corrected chi connectivity index (χ3v) is 5.03. The van der Waals surface area contributed by atoms with Crippen molar-refractivity contribution in [3.63, 3.8) is 0 Å². The maximum Gasteiger partial charge on any atom is 0.188 e. The molecule has 0 aliphatic rings. The number of rotatable bonds is 2. The van der Waals surface area contributed by atoms with Gasteiger partial charge in [-0.2, -0.15) is 0 Å². The smallest absolute Gasteiger partial charge is 0.188 e. The van der Waals surface area contributed by atoms with Crippen molar-refractivity contribution in [2.45, 2.75) is 0 Å². The molecule has 3 heterocycles. The van der Waals surface area contributed by atoms with Gasteiger partial charge in [-0.1, -0.05) is 11.2 Å². The van der Waals surface area contributed by atoms with Crippen LogP contribution in [0, 0.1) is 0 Å². The van der Waals surface area contributed by atoms with Crippen molar-refractivity contribution < 1.29 is 4.52 Å². The summed E-state index contributed by atoms with van der Waals surface area (Å²) in [6, 6.07) is 5.98. The minimum atomic E-state index is 0.433. The average molecular weight is 327 g/mol. The molecule has 0 bridgehead atoms. The Morgan fingerprint density at radius 2 is 2.12 bits per heavy atom. The zero-order valence-corrected chi connectivity index (χ0v) is 11.7. The van der Waals surface area contributed by atoms with Crippen LogP contribution in [0.3, 0.4) is 0 Å². The number of halogens is 1. The van der Waals surface area contributed by atoms with Crippen molar-refractivity contribution in [2.75, 3.05) is 5.73 Å². The van der Waals surface area contributed by atoms with Gasteiger partial charge in [0.2, 0.25) is 0 Å². The van der Waals surface area contributed by atoms with Crippen molar-refractivity contribution >= 4 is 44.4 Å². The van der Waals surface area contributed by atoms with E-state index in [4.69, 9.17) is 10.3 Å². The zero-order valence-electron chi connectivity index (χ0n) is 8.51. The monoisotopic (exact) mass is 326 g/mol. The highest BCUT2D eigenvalue weighted by molar-refractivity contribution is 9.10. The van der Waals surface area contributed by atoms with Gasteiger partial charge in [-0.05, 0) is 38.8 Å². The first-order valence-corrected chi connectivity index (χ1v) is 7.35. The predicted molar refractivity (Wildman–Crippen MR) is 75.2 cm³/mol. The van der Waals surface area contributed by atoms with Crippen LogP contribution in [-0.2, 0) is 0 Å². The van der Waals surface area contributed by atoms with E-state index in [1.54, 1.807) is 22.7 Å². The summed E-state index contributed by atoms with van der Waals surface area (Å²) in [5, 5.41) is 7.87. The summed E-state index contributed by atoms with van der Waals surface area (Å²) in [4.78, 5) is 2.08. The number of nitrogens with zero attached hydrogens (tertiary/aromatic N) is 1. The van der Waals surface area contributed by atoms with Gasteiger partial charge in [-0.25, -0.2) is 0 Å². The van der Waals surface area contributed by atoms with Gasteiger partial charge in [0.1, 0.15) is 0 Å². The van der Waals surface area contributed by atoms with E-state index < -0.39 is 0 Å². The van der Waals surface area contributed by atoms with Crippen molar-refractivity contribution in [1.82, 2.24) is 5.16 Å². The summed E-state index contributed by atoms with van der Waals surface area (Å²) in [6.07, 6.45) is 0. The van der Waals surface area contributed by atoms with E-state index in [0.29, 0.717) is 5.82 Å². The van der Waals surface area contributed by atoms with Crippen LogP contribution in [0.1, 0.15) is 0 Å². The minimum absolute atomic E-state index is 0.433. The van der Waals surface area contributed by atoms with Crippen LogP contribution in [0.15, 0.2) is 38.0 Å². The van der Waals surface area contributed by atoms with E-state index in [0.717, 1.165) is 25.6 Å². The summed E-state index contributed by atoms with van der Waals surface area (Å²) >= 11 is 6.71. The van der Waals surface area contributed by atoms with Gasteiger partial charge < -0.3 is 10.3 Å². The molecule has 3 nitrogen and oxygen atoms in total. The van der Waals surface area contributed by atoms with E-state index in [2.05, 4.69) is 21.1 Å². The molecular formula is C11H7BrN2OS2. The number of thiophene rings is 2. The molecule has 0 spiro atoms. The molecule has 0 unspecified atom stereocenters. The van der Waals surface area contributed by atoms with Crippen LogP contribution < -0.4 is 5.73 Å². The van der Waals surface area contributed by atoms with Gasteiger partial charge in [0, 0.05) is 9.35 Å². The van der Waals surface area contributed by atoms with Crippen LogP contribution in [-0.4, -0.2) is 5.16 Å². The quantitative estimate of drug-likeness (QED) is 0.755. The lowest BCUT2D eigenvalue weighted by atomic mass is 10.2. The van der Waals surface area contributed by atoms with Gasteiger partial charge in [0.25, 0.3) is 0 Å². The Labute approximate surface area is 114 Å². The number of aromatic nitrogens is 1.